The predicted molar refractivity (Wildman–Crippen MR) is 91.0 cm³/mol. The van der Waals surface area contributed by atoms with Crippen LogP contribution < -0.4 is 9.64 Å². The molecule has 1 saturated carbocycles. The van der Waals surface area contributed by atoms with Crippen LogP contribution in [0, 0.1) is 17.8 Å². The first-order valence-electron chi connectivity index (χ1n) is 8.69. The first kappa shape index (κ1) is 17.0. The number of hydrogen-bond acceptors (Lipinski definition) is 6. The minimum atomic E-state index is -0.407. The number of nitrogens with zero attached hydrogens (tertiary/aromatic N) is 3. The Morgan fingerprint density at radius 3 is 2.54 bits per heavy atom. The molecule has 0 N–H and O–H groups in total. The zero-order chi connectivity index (χ0) is 17.3. The van der Waals surface area contributed by atoms with E-state index in [1.54, 1.807) is 13.3 Å². The number of ether oxygens (including phenoxy) is 2. The summed E-state index contributed by atoms with van der Waals surface area (Å²) in [5.74, 6) is 1.99. The molecule has 132 valence electrons. The monoisotopic (exact) mass is 333 g/mol. The zero-order valence-corrected chi connectivity index (χ0v) is 15.0. The van der Waals surface area contributed by atoms with E-state index in [9.17, 15) is 4.79 Å². The standard InChI is InChI=1S/C18H27N3O3/c1-18(2,3)24-17(22)8-15-12-5-6-13(15)11-21(10-12)14-7-16(23-4)20-19-9-14/h7,9,12-13,15H,5-6,8,10-11H2,1-4H3/t12-,13+,15?. The van der Waals surface area contributed by atoms with Gasteiger partial charge in [-0.15, -0.1) is 5.10 Å². The van der Waals surface area contributed by atoms with Crippen molar-refractivity contribution in [3.8, 4) is 5.88 Å². The summed E-state index contributed by atoms with van der Waals surface area (Å²) >= 11 is 0. The lowest BCUT2D eigenvalue weighted by Crippen LogP contribution is -2.43. The molecule has 1 aromatic rings. The number of piperidine rings is 1. The van der Waals surface area contributed by atoms with Crippen LogP contribution >= 0.6 is 0 Å². The average molecular weight is 333 g/mol. The van der Waals surface area contributed by atoms with Crippen molar-refractivity contribution in [2.45, 2.75) is 45.6 Å². The molecule has 2 heterocycles. The summed E-state index contributed by atoms with van der Waals surface area (Å²) in [6, 6.07) is 1.93. The molecular formula is C18H27N3O3. The Kier molecular flexibility index (Phi) is 4.65. The molecule has 24 heavy (non-hydrogen) atoms. The van der Waals surface area contributed by atoms with E-state index < -0.39 is 5.60 Å². The van der Waals surface area contributed by atoms with Gasteiger partial charge in [0.15, 0.2) is 0 Å². The second-order valence-electron chi connectivity index (χ2n) is 7.91. The van der Waals surface area contributed by atoms with Crippen molar-refractivity contribution in [2.24, 2.45) is 17.8 Å². The third-order valence-corrected chi connectivity index (χ3v) is 5.04. The van der Waals surface area contributed by atoms with Crippen LogP contribution in [0.15, 0.2) is 12.3 Å². The van der Waals surface area contributed by atoms with Crippen molar-refractivity contribution in [3.63, 3.8) is 0 Å². The summed E-state index contributed by atoms with van der Waals surface area (Å²) in [5, 5.41) is 7.95. The molecule has 1 aliphatic heterocycles. The van der Waals surface area contributed by atoms with Crippen molar-refractivity contribution < 1.29 is 14.3 Å². The van der Waals surface area contributed by atoms with Gasteiger partial charge in [0, 0.05) is 25.6 Å². The topological polar surface area (TPSA) is 64.5 Å². The Morgan fingerprint density at radius 1 is 1.29 bits per heavy atom. The molecule has 0 spiro atoms. The van der Waals surface area contributed by atoms with Gasteiger partial charge in [0.25, 0.3) is 0 Å². The SMILES string of the molecule is COc1cc(N2C[C@H]3CC[C@@H](C2)C3CC(=O)OC(C)(C)C)cnn1. The molecule has 0 amide bonds. The van der Waals surface area contributed by atoms with Gasteiger partial charge in [0.1, 0.15) is 5.60 Å². The molecule has 2 fully saturated rings. The largest absolute Gasteiger partial charge is 0.480 e. The van der Waals surface area contributed by atoms with E-state index in [2.05, 4.69) is 15.1 Å². The molecule has 1 aliphatic carbocycles. The fourth-order valence-electron chi connectivity index (χ4n) is 4.07. The van der Waals surface area contributed by atoms with E-state index in [1.807, 2.05) is 26.8 Å². The lowest BCUT2D eigenvalue weighted by Gasteiger charge is -2.39. The number of hydrogen-bond donors (Lipinski definition) is 0. The number of fused-ring (bicyclic) bond motifs is 2. The van der Waals surface area contributed by atoms with Gasteiger partial charge < -0.3 is 14.4 Å². The third kappa shape index (κ3) is 3.79. The van der Waals surface area contributed by atoms with Crippen LogP contribution in [0.2, 0.25) is 0 Å². The van der Waals surface area contributed by atoms with E-state index in [0.29, 0.717) is 30.1 Å². The fraction of sp³-hybridized carbons (Fsp3) is 0.722. The van der Waals surface area contributed by atoms with Gasteiger partial charge >= 0.3 is 5.97 Å². The van der Waals surface area contributed by atoms with Crippen molar-refractivity contribution in [2.75, 3.05) is 25.1 Å². The zero-order valence-electron chi connectivity index (χ0n) is 15.0. The lowest BCUT2D eigenvalue weighted by atomic mass is 9.82. The average Bonchev–Trinajstić information content (AvgIpc) is 2.75. The van der Waals surface area contributed by atoms with Gasteiger partial charge in [-0.1, -0.05) is 0 Å². The molecule has 3 rings (SSSR count). The first-order valence-corrected chi connectivity index (χ1v) is 8.69. The van der Waals surface area contributed by atoms with Crippen LogP contribution in [-0.2, 0) is 9.53 Å². The fourth-order valence-corrected chi connectivity index (χ4v) is 4.07. The highest BCUT2D eigenvalue weighted by atomic mass is 16.6. The molecule has 6 nitrogen and oxygen atoms in total. The maximum atomic E-state index is 12.2. The molecular weight excluding hydrogens is 306 g/mol. The highest BCUT2D eigenvalue weighted by Gasteiger charge is 2.43. The molecule has 2 bridgehead atoms. The molecule has 3 atom stereocenters. The van der Waals surface area contributed by atoms with Gasteiger partial charge in [-0.05, 0) is 51.4 Å². The van der Waals surface area contributed by atoms with Gasteiger partial charge in [-0.3, -0.25) is 4.79 Å². The molecule has 1 aromatic heterocycles. The molecule has 1 unspecified atom stereocenters. The molecule has 0 radical (unpaired) electrons. The van der Waals surface area contributed by atoms with Crippen LogP contribution in [0.5, 0.6) is 5.88 Å². The van der Waals surface area contributed by atoms with Crippen molar-refractivity contribution in [1.29, 1.82) is 0 Å². The highest BCUT2D eigenvalue weighted by Crippen LogP contribution is 2.45. The Balaban J connectivity index is 1.65. The van der Waals surface area contributed by atoms with E-state index in [-0.39, 0.29) is 5.97 Å². The van der Waals surface area contributed by atoms with Gasteiger partial charge in [-0.25, -0.2) is 0 Å². The van der Waals surface area contributed by atoms with Crippen molar-refractivity contribution in [3.05, 3.63) is 12.3 Å². The van der Waals surface area contributed by atoms with Crippen molar-refractivity contribution in [1.82, 2.24) is 10.2 Å². The van der Waals surface area contributed by atoms with Crippen LogP contribution in [0.25, 0.3) is 0 Å². The van der Waals surface area contributed by atoms with Crippen LogP contribution in [0.3, 0.4) is 0 Å². The van der Waals surface area contributed by atoms with E-state index in [0.717, 1.165) is 18.8 Å². The smallest absolute Gasteiger partial charge is 0.306 e. The molecule has 2 aliphatic rings. The number of anilines is 1. The molecule has 6 heteroatoms. The number of esters is 1. The summed E-state index contributed by atoms with van der Waals surface area (Å²) in [7, 11) is 1.60. The summed E-state index contributed by atoms with van der Waals surface area (Å²) in [4.78, 5) is 14.6. The van der Waals surface area contributed by atoms with E-state index in [4.69, 9.17) is 9.47 Å². The minimum absolute atomic E-state index is 0.0647. The molecule has 0 aromatic carbocycles. The number of rotatable bonds is 4. The van der Waals surface area contributed by atoms with Gasteiger partial charge in [0.05, 0.1) is 19.0 Å². The summed E-state index contributed by atoms with van der Waals surface area (Å²) in [6.45, 7) is 7.68. The maximum Gasteiger partial charge on any atom is 0.306 e. The molecule has 1 saturated heterocycles. The van der Waals surface area contributed by atoms with Crippen LogP contribution in [0.1, 0.15) is 40.0 Å². The quantitative estimate of drug-likeness (QED) is 0.789. The highest BCUT2D eigenvalue weighted by molar-refractivity contribution is 5.70. The Labute approximate surface area is 143 Å². The minimum Gasteiger partial charge on any atom is -0.480 e. The van der Waals surface area contributed by atoms with Crippen LogP contribution in [0.4, 0.5) is 5.69 Å². The second-order valence-corrected chi connectivity index (χ2v) is 7.91. The predicted octanol–water partition coefficient (Wildman–Crippen LogP) is 2.68. The first-order chi connectivity index (χ1) is 11.4. The third-order valence-electron chi connectivity index (χ3n) is 5.04. The Hall–Kier alpha value is -1.85. The summed E-state index contributed by atoms with van der Waals surface area (Å²) in [6.07, 6.45) is 4.70. The van der Waals surface area contributed by atoms with E-state index >= 15 is 0 Å². The Bertz CT molecular complexity index is 585. The number of aromatic nitrogens is 2. The van der Waals surface area contributed by atoms with Gasteiger partial charge in [0.2, 0.25) is 5.88 Å². The van der Waals surface area contributed by atoms with Crippen LogP contribution in [-0.4, -0.2) is 42.0 Å². The maximum absolute atomic E-state index is 12.2. The number of carbonyl (C=O) groups is 1. The lowest BCUT2D eigenvalue weighted by molar-refractivity contribution is -0.156. The Morgan fingerprint density at radius 2 is 1.96 bits per heavy atom. The normalized spacial score (nSPS) is 26.3. The summed E-state index contributed by atoms with van der Waals surface area (Å²) in [5.41, 5.74) is 0.644. The number of methoxy groups -OCH3 is 1. The second kappa shape index (κ2) is 6.57. The van der Waals surface area contributed by atoms with Crippen molar-refractivity contribution >= 4 is 11.7 Å². The van der Waals surface area contributed by atoms with E-state index in [1.165, 1.54) is 12.8 Å². The summed E-state index contributed by atoms with van der Waals surface area (Å²) < 4.78 is 10.7. The number of carbonyl (C=O) groups excluding carboxylic acids is 1. The van der Waals surface area contributed by atoms with Gasteiger partial charge in [-0.2, -0.15) is 5.10 Å².